The Bertz CT molecular complexity index is 1280. The molecule has 0 aliphatic carbocycles. The molecule has 0 spiro atoms. The number of anilines is 1. The summed E-state index contributed by atoms with van der Waals surface area (Å²) in [5, 5.41) is 1.84. The molecule has 4 rings (SSSR count). The first-order valence-electron chi connectivity index (χ1n) is 8.06. The molecule has 0 saturated carbocycles. The number of nitrogens with zero attached hydrogens (tertiary/aromatic N) is 2. The van der Waals surface area contributed by atoms with Crippen LogP contribution in [0.25, 0.3) is 16.2 Å². The molecule has 1 N–H and O–H groups in total. The minimum atomic E-state index is -5.02. The van der Waals surface area contributed by atoms with Crippen molar-refractivity contribution in [3.05, 3.63) is 71.6 Å². The zero-order chi connectivity index (χ0) is 20.8. The van der Waals surface area contributed by atoms with Gasteiger partial charge in [-0.05, 0) is 24.3 Å². The average Bonchev–Trinajstić information content (AvgIpc) is 3.23. The Kier molecular flexibility index (Phi) is 4.58. The van der Waals surface area contributed by atoms with Gasteiger partial charge in [0.25, 0.3) is 10.0 Å². The Morgan fingerprint density at radius 2 is 1.86 bits per heavy atom. The van der Waals surface area contributed by atoms with Crippen LogP contribution in [0, 0.1) is 5.82 Å². The van der Waals surface area contributed by atoms with Gasteiger partial charge >= 0.3 is 6.18 Å². The number of sulfonamides is 1. The second kappa shape index (κ2) is 6.85. The summed E-state index contributed by atoms with van der Waals surface area (Å²) in [6.45, 7) is 0. The fourth-order valence-electron chi connectivity index (χ4n) is 2.75. The van der Waals surface area contributed by atoms with Gasteiger partial charge in [0.2, 0.25) is 0 Å². The largest absolute Gasteiger partial charge is 0.419 e. The lowest BCUT2D eigenvalue weighted by molar-refractivity contribution is -0.140. The number of thiazole rings is 1. The van der Waals surface area contributed by atoms with Crippen molar-refractivity contribution >= 4 is 32.0 Å². The molecule has 0 fully saturated rings. The van der Waals surface area contributed by atoms with E-state index in [0.717, 1.165) is 6.07 Å². The Morgan fingerprint density at radius 3 is 2.59 bits per heavy atom. The molecule has 5 nitrogen and oxygen atoms in total. The zero-order valence-corrected chi connectivity index (χ0v) is 15.9. The predicted octanol–water partition coefficient (Wildman–Crippen LogP) is 5.02. The van der Waals surface area contributed by atoms with E-state index in [-0.39, 0.29) is 11.8 Å². The summed E-state index contributed by atoms with van der Waals surface area (Å²) in [6.07, 6.45) is -1.52. The number of benzene rings is 2. The predicted molar refractivity (Wildman–Crippen MR) is 101 cm³/mol. The molecule has 0 atom stereocenters. The van der Waals surface area contributed by atoms with Crippen molar-refractivity contribution in [3.8, 4) is 11.3 Å². The van der Waals surface area contributed by atoms with E-state index < -0.39 is 32.5 Å². The van der Waals surface area contributed by atoms with Crippen LogP contribution < -0.4 is 4.72 Å². The van der Waals surface area contributed by atoms with Gasteiger partial charge in [-0.15, -0.1) is 11.3 Å². The molecule has 2 aromatic carbocycles. The quantitative estimate of drug-likeness (QED) is 0.452. The van der Waals surface area contributed by atoms with Crippen LogP contribution in [-0.4, -0.2) is 17.8 Å². The number of nitrogens with one attached hydrogen (secondary N) is 1. The highest BCUT2D eigenvalue weighted by Gasteiger charge is 2.35. The van der Waals surface area contributed by atoms with E-state index >= 15 is 0 Å². The van der Waals surface area contributed by atoms with Crippen molar-refractivity contribution < 1.29 is 26.0 Å². The van der Waals surface area contributed by atoms with E-state index in [9.17, 15) is 26.0 Å². The van der Waals surface area contributed by atoms with Crippen molar-refractivity contribution in [2.75, 3.05) is 4.72 Å². The minimum Gasteiger partial charge on any atom is -0.297 e. The number of para-hydroxylation sites is 1. The average molecular weight is 441 g/mol. The minimum absolute atomic E-state index is 0.135. The number of alkyl halides is 3. The third-order valence-electron chi connectivity index (χ3n) is 4.09. The SMILES string of the molecule is O=S(=O)(Nc1ccccc1-c1cn2ccsc2n1)c1ccc(F)c(C(F)(F)F)c1. The zero-order valence-electron chi connectivity index (χ0n) is 14.3. The number of imidazole rings is 1. The van der Waals surface area contributed by atoms with Gasteiger partial charge in [0.05, 0.1) is 21.8 Å². The number of hydrogen-bond acceptors (Lipinski definition) is 4. The first-order valence-corrected chi connectivity index (χ1v) is 10.4. The Balaban J connectivity index is 1.74. The maximum atomic E-state index is 13.5. The summed E-state index contributed by atoms with van der Waals surface area (Å²) in [7, 11) is -4.41. The normalized spacial score (nSPS) is 12.4. The van der Waals surface area contributed by atoms with Gasteiger partial charge in [-0.2, -0.15) is 13.2 Å². The highest BCUT2D eigenvalue weighted by atomic mass is 32.2. The first kappa shape index (κ1) is 19.4. The smallest absolute Gasteiger partial charge is 0.297 e. The molecule has 0 unspecified atom stereocenters. The molecule has 2 aromatic heterocycles. The number of fused-ring (bicyclic) bond motifs is 1. The van der Waals surface area contributed by atoms with Crippen LogP contribution in [0.3, 0.4) is 0 Å². The molecular formula is C18H11F4N3O2S2. The molecule has 0 bridgehead atoms. The van der Waals surface area contributed by atoms with Crippen molar-refractivity contribution in [2.45, 2.75) is 11.1 Å². The molecule has 150 valence electrons. The molecule has 0 aliphatic heterocycles. The van der Waals surface area contributed by atoms with Crippen LogP contribution in [0.2, 0.25) is 0 Å². The third-order valence-corrected chi connectivity index (χ3v) is 6.23. The summed E-state index contributed by atoms with van der Waals surface area (Å²) in [6, 6.07) is 7.89. The van der Waals surface area contributed by atoms with Crippen LogP contribution in [-0.2, 0) is 16.2 Å². The molecule has 0 amide bonds. The summed E-state index contributed by atoms with van der Waals surface area (Å²) in [4.78, 5) is 4.41. The van der Waals surface area contributed by atoms with Crippen molar-refractivity contribution in [1.29, 1.82) is 0 Å². The lowest BCUT2D eigenvalue weighted by Crippen LogP contribution is -2.16. The maximum absolute atomic E-state index is 13.5. The fraction of sp³-hybridized carbons (Fsp3) is 0.0556. The highest BCUT2D eigenvalue weighted by Crippen LogP contribution is 2.34. The van der Waals surface area contributed by atoms with Crippen LogP contribution in [0.1, 0.15) is 5.56 Å². The number of rotatable bonds is 4. The van der Waals surface area contributed by atoms with Gasteiger partial charge in [-0.3, -0.25) is 9.12 Å². The standard InChI is InChI=1S/C18H11F4N3O2S2/c19-14-6-5-11(9-13(14)18(20,21)22)29(26,27)24-15-4-2-1-3-12(15)16-10-25-7-8-28-17(25)23-16/h1-10,24H. The summed E-state index contributed by atoms with van der Waals surface area (Å²) >= 11 is 1.40. The van der Waals surface area contributed by atoms with Gasteiger partial charge in [-0.1, -0.05) is 18.2 Å². The van der Waals surface area contributed by atoms with Crippen molar-refractivity contribution in [2.24, 2.45) is 0 Å². The van der Waals surface area contributed by atoms with Gasteiger partial charge in [-0.25, -0.2) is 17.8 Å². The Labute approximate surface area is 166 Å². The van der Waals surface area contributed by atoms with Crippen LogP contribution >= 0.6 is 11.3 Å². The third kappa shape index (κ3) is 3.70. The van der Waals surface area contributed by atoms with Crippen LogP contribution in [0.15, 0.2) is 65.1 Å². The Hall–Kier alpha value is -2.92. The van der Waals surface area contributed by atoms with E-state index in [0.29, 0.717) is 22.3 Å². The summed E-state index contributed by atoms with van der Waals surface area (Å²) < 4.78 is 81.7. The van der Waals surface area contributed by atoms with Gasteiger partial charge in [0.15, 0.2) is 4.96 Å². The second-order valence-electron chi connectivity index (χ2n) is 6.01. The van der Waals surface area contributed by atoms with E-state index in [1.54, 1.807) is 35.0 Å². The number of halogens is 4. The molecule has 29 heavy (non-hydrogen) atoms. The second-order valence-corrected chi connectivity index (χ2v) is 8.56. The summed E-state index contributed by atoms with van der Waals surface area (Å²) in [5.41, 5.74) is -0.575. The van der Waals surface area contributed by atoms with E-state index in [1.807, 2.05) is 5.38 Å². The molecule has 2 heterocycles. The van der Waals surface area contributed by atoms with E-state index in [1.165, 1.54) is 17.4 Å². The lowest BCUT2D eigenvalue weighted by Gasteiger charge is -2.13. The molecular weight excluding hydrogens is 430 g/mol. The van der Waals surface area contributed by atoms with E-state index in [2.05, 4.69) is 9.71 Å². The Morgan fingerprint density at radius 1 is 1.10 bits per heavy atom. The number of hydrogen-bond donors (Lipinski definition) is 1. The van der Waals surface area contributed by atoms with Crippen LogP contribution in [0.5, 0.6) is 0 Å². The molecule has 11 heteroatoms. The molecule has 4 aromatic rings. The highest BCUT2D eigenvalue weighted by molar-refractivity contribution is 7.92. The molecule has 0 saturated heterocycles. The van der Waals surface area contributed by atoms with Gasteiger partial charge in [0, 0.05) is 23.3 Å². The topological polar surface area (TPSA) is 63.5 Å². The molecule has 0 aliphatic rings. The van der Waals surface area contributed by atoms with Crippen molar-refractivity contribution in [3.63, 3.8) is 0 Å². The number of aromatic nitrogens is 2. The monoisotopic (exact) mass is 441 g/mol. The summed E-state index contributed by atoms with van der Waals surface area (Å²) in [5.74, 6) is -1.55. The van der Waals surface area contributed by atoms with E-state index in [4.69, 9.17) is 0 Å². The lowest BCUT2D eigenvalue weighted by atomic mass is 10.1. The fourth-order valence-corrected chi connectivity index (χ4v) is 4.55. The first-order chi connectivity index (χ1) is 13.6. The van der Waals surface area contributed by atoms with Gasteiger partial charge < -0.3 is 0 Å². The van der Waals surface area contributed by atoms with Crippen LogP contribution in [0.4, 0.5) is 23.2 Å². The van der Waals surface area contributed by atoms with Crippen molar-refractivity contribution in [1.82, 2.24) is 9.38 Å². The maximum Gasteiger partial charge on any atom is 0.419 e. The molecule has 0 radical (unpaired) electrons. The van der Waals surface area contributed by atoms with Gasteiger partial charge in [0.1, 0.15) is 5.82 Å².